The molecule has 4 rings (SSSR count). The van der Waals surface area contributed by atoms with Gasteiger partial charge in [0.05, 0.1) is 11.0 Å². The Morgan fingerprint density at radius 1 is 0.875 bits per heavy atom. The van der Waals surface area contributed by atoms with Crippen molar-refractivity contribution in [1.82, 2.24) is 9.97 Å². The first-order valence-corrected chi connectivity index (χ1v) is 8.67. The Balaban J connectivity index is 1.46. The maximum Gasteiger partial charge on any atom is 0.0890 e. The van der Waals surface area contributed by atoms with Crippen molar-refractivity contribution in [3.05, 3.63) is 60.4 Å². The van der Waals surface area contributed by atoms with Gasteiger partial charge in [-0.05, 0) is 55.2 Å². The lowest BCUT2D eigenvalue weighted by atomic mass is 10.1. The van der Waals surface area contributed by atoms with Crippen LogP contribution in [0.25, 0.3) is 11.0 Å². The number of aromatic nitrogens is 2. The first-order chi connectivity index (χ1) is 11.9. The molecule has 0 spiro atoms. The zero-order valence-corrected chi connectivity index (χ0v) is 13.8. The average molecular weight is 318 g/mol. The Kier molecular flexibility index (Phi) is 4.28. The standard InChI is InChI=1S/C20H22N4/c1-2-11-24(12-3-1)18-6-4-5-17(14-18)23-15-16-7-8-19-20(13-16)22-10-9-21-19/h4-10,13-14,23H,1-3,11-12,15H2. The summed E-state index contributed by atoms with van der Waals surface area (Å²) >= 11 is 0. The third kappa shape index (κ3) is 3.32. The third-order valence-electron chi connectivity index (χ3n) is 4.60. The van der Waals surface area contributed by atoms with Gasteiger partial charge in [0, 0.05) is 43.4 Å². The highest BCUT2D eigenvalue weighted by molar-refractivity contribution is 5.74. The lowest BCUT2D eigenvalue weighted by Gasteiger charge is -2.29. The minimum Gasteiger partial charge on any atom is -0.381 e. The Morgan fingerprint density at radius 3 is 2.58 bits per heavy atom. The van der Waals surface area contributed by atoms with Gasteiger partial charge in [0.25, 0.3) is 0 Å². The van der Waals surface area contributed by atoms with E-state index in [4.69, 9.17) is 0 Å². The van der Waals surface area contributed by atoms with Crippen LogP contribution < -0.4 is 10.2 Å². The Bertz CT molecular complexity index is 824. The number of piperidine rings is 1. The van der Waals surface area contributed by atoms with Crippen LogP contribution in [-0.2, 0) is 6.54 Å². The first-order valence-electron chi connectivity index (χ1n) is 8.67. The van der Waals surface area contributed by atoms with Crippen molar-refractivity contribution < 1.29 is 0 Å². The van der Waals surface area contributed by atoms with E-state index in [0.29, 0.717) is 0 Å². The van der Waals surface area contributed by atoms with E-state index >= 15 is 0 Å². The summed E-state index contributed by atoms with van der Waals surface area (Å²) in [5.74, 6) is 0. The molecular weight excluding hydrogens is 296 g/mol. The highest BCUT2D eigenvalue weighted by Crippen LogP contribution is 2.23. The van der Waals surface area contributed by atoms with Crippen LogP contribution in [0, 0.1) is 0 Å². The molecule has 4 nitrogen and oxygen atoms in total. The van der Waals surface area contributed by atoms with Crippen LogP contribution in [0.2, 0.25) is 0 Å². The lowest BCUT2D eigenvalue weighted by Crippen LogP contribution is -2.29. The van der Waals surface area contributed by atoms with Crippen LogP contribution in [0.1, 0.15) is 24.8 Å². The summed E-state index contributed by atoms with van der Waals surface area (Å²) in [7, 11) is 0. The second-order valence-corrected chi connectivity index (χ2v) is 6.33. The number of rotatable bonds is 4. The summed E-state index contributed by atoms with van der Waals surface area (Å²) in [5, 5.41) is 3.53. The van der Waals surface area contributed by atoms with E-state index in [0.717, 1.165) is 23.3 Å². The number of anilines is 2. The Labute approximate surface area is 142 Å². The number of nitrogens with one attached hydrogen (secondary N) is 1. The molecule has 1 aromatic heterocycles. The fourth-order valence-corrected chi connectivity index (χ4v) is 3.29. The van der Waals surface area contributed by atoms with Crippen LogP contribution in [-0.4, -0.2) is 23.1 Å². The summed E-state index contributed by atoms with van der Waals surface area (Å²) < 4.78 is 0. The van der Waals surface area contributed by atoms with Gasteiger partial charge in [-0.25, -0.2) is 0 Å². The summed E-state index contributed by atoms with van der Waals surface area (Å²) in [6.07, 6.45) is 7.43. The Hall–Kier alpha value is -2.62. The minimum atomic E-state index is 0.788. The predicted octanol–water partition coefficient (Wildman–Crippen LogP) is 4.23. The molecule has 0 radical (unpaired) electrons. The van der Waals surface area contributed by atoms with E-state index in [1.54, 1.807) is 12.4 Å². The highest BCUT2D eigenvalue weighted by Gasteiger charge is 2.10. The maximum absolute atomic E-state index is 4.38. The van der Waals surface area contributed by atoms with Gasteiger partial charge < -0.3 is 10.2 Å². The number of nitrogens with zero attached hydrogens (tertiary/aromatic N) is 3. The molecule has 1 aliphatic rings. The maximum atomic E-state index is 4.38. The summed E-state index contributed by atoms with van der Waals surface area (Å²) in [4.78, 5) is 11.2. The van der Waals surface area contributed by atoms with Crippen molar-refractivity contribution in [2.45, 2.75) is 25.8 Å². The van der Waals surface area contributed by atoms with Crippen LogP contribution >= 0.6 is 0 Å². The fraction of sp³-hybridized carbons (Fsp3) is 0.300. The molecule has 0 bridgehead atoms. The molecule has 2 aromatic carbocycles. The van der Waals surface area contributed by atoms with Gasteiger partial charge in [0.2, 0.25) is 0 Å². The topological polar surface area (TPSA) is 41.1 Å². The van der Waals surface area contributed by atoms with Gasteiger partial charge in [-0.2, -0.15) is 0 Å². The molecule has 0 amide bonds. The van der Waals surface area contributed by atoms with Crippen LogP contribution in [0.5, 0.6) is 0 Å². The average Bonchev–Trinajstić information content (AvgIpc) is 2.67. The highest BCUT2D eigenvalue weighted by atomic mass is 15.1. The van der Waals surface area contributed by atoms with Gasteiger partial charge in [-0.15, -0.1) is 0 Å². The van der Waals surface area contributed by atoms with Crippen molar-refractivity contribution in [3.8, 4) is 0 Å². The molecule has 24 heavy (non-hydrogen) atoms. The van der Waals surface area contributed by atoms with Crippen molar-refractivity contribution in [2.24, 2.45) is 0 Å². The van der Waals surface area contributed by atoms with E-state index in [2.05, 4.69) is 56.6 Å². The fourth-order valence-electron chi connectivity index (χ4n) is 3.29. The Morgan fingerprint density at radius 2 is 1.71 bits per heavy atom. The molecule has 0 unspecified atom stereocenters. The molecule has 2 heterocycles. The number of hydrogen-bond acceptors (Lipinski definition) is 4. The molecule has 0 aliphatic carbocycles. The predicted molar refractivity (Wildman–Crippen MR) is 99.4 cm³/mol. The minimum absolute atomic E-state index is 0.788. The van der Waals surface area contributed by atoms with Gasteiger partial charge in [-0.1, -0.05) is 12.1 Å². The van der Waals surface area contributed by atoms with E-state index in [1.165, 1.54) is 43.6 Å². The van der Waals surface area contributed by atoms with Crippen molar-refractivity contribution in [3.63, 3.8) is 0 Å². The normalized spacial score (nSPS) is 14.8. The van der Waals surface area contributed by atoms with E-state index in [1.807, 2.05) is 6.07 Å². The van der Waals surface area contributed by atoms with Gasteiger partial charge in [-0.3, -0.25) is 9.97 Å². The summed E-state index contributed by atoms with van der Waals surface area (Å²) in [5.41, 5.74) is 5.58. The largest absolute Gasteiger partial charge is 0.381 e. The zero-order valence-electron chi connectivity index (χ0n) is 13.8. The molecule has 1 aliphatic heterocycles. The third-order valence-corrected chi connectivity index (χ3v) is 4.60. The van der Waals surface area contributed by atoms with E-state index in [-0.39, 0.29) is 0 Å². The molecule has 1 N–H and O–H groups in total. The zero-order chi connectivity index (χ0) is 16.2. The molecule has 122 valence electrons. The molecular formula is C20H22N4. The monoisotopic (exact) mass is 318 g/mol. The molecule has 0 atom stereocenters. The lowest BCUT2D eigenvalue weighted by molar-refractivity contribution is 0.578. The first kappa shape index (κ1) is 14.9. The number of hydrogen-bond donors (Lipinski definition) is 1. The molecule has 3 aromatic rings. The van der Waals surface area contributed by atoms with Gasteiger partial charge >= 0.3 is 0 Å². The van der Waals surface area contributed by atoms with Crippen LogP contribution in [0.3, 0.4) is 0 Å². The quantitative estimate of drug-likeness (QED) is 0.781. The van der Waals surface area contributed by atoms with Gasteiger partial charge in [0.1, 0.15) is 0 Å². The molecule has 0 saturated carbocycles. The second kappa shape index (κ2) is 6.87. The molecule has 1 saturated heterocycles. The summed E-state index contributed by atoms with van der Waals surface area (Å²) in [6, 6.07) is 15.0. The summed E-state index contributed by atoms with van der Waals surface area (Å²) in [6.45, 7) is 3.13. The van der Waals surface area contributed by atoms with Crippen LogP contribution in [0.15, 0.2) is 54.9 Å². The van der Waals surface area contributed by atoms with E-state index < -0.39 is 0 Å². The number of fused-ring (bicyclic) bond motifs is 1. The van der Waals surface area contributed by atoms with E-state index in [9.17, 15) is 0 Å². The SMILES string of the molecule is c1cc(NCc2ccc3nccnc3c2)cc(N2CCCCC2)c1. The number of benzene rings is 2. The smallest absolute Gasteiger partial charge is 0.0890 e. The van der Waals surface area contributed by atoms with Crippen molar-refractivity contribution in [2.75, 3.05) is 23.3 Å². The molecule has 4 heteroatoms. The van der Waals surface area contributed by atoms with Crippen molar-refractivity contribution >= 4 is 22.4 Å². The van der Waals surface area contributed by atoms with Crippen molar-refractivity contribution in [1.29, 1.82) is 0 Å². The second-order valence-electron chi connectivity index (χ2n) is 6.33. The molecule has 1 fully saturated rings. The van der Waals surface area contributed by atoms with Crippen LogP contribution in [0.4, 0.5) is 11.4 Å². The van der Waals surface area contributed by atoms with Gasteiger partial charge in [0.15, 0.2) is 0 Å².